The molecule has 12 heteroatoms. The maximum atomic E-state index is 10.9. The molecule has 140 valence electrons. The topological polar surface area (TPSA) is 168 Å². The van der Waals surface area contributed by atoms with Crippen LogP contribution in [0.1, 0.15) is 0 Å². The van der Waals surface area contributed by atoms with Crippen LogP contribution in [0.15, 0.2) is 29.4 Å². The van der Waals surface area contributed by atoms with Crippen molar-refractivity contribution in [1.29, 1.82) is 0 Å². The number of rotatable bonds is 8. The van der Waals surface area contributed by atoms with Crippen LogP contribution in [-0.2, 0) is 14.2 Å². The average molecular weight is 386 g/mol. The Bertz CT molecular complexity index is 761. The maximum absolute atomic E-state index is 10.9. The molecule has 0 spiro atoms. The molecule has 0 amide bonds. The SMILES string of the molecule is O=C(O)OCC(OC(=O)O)C(CSc1nc2ccccc2[nH]1)OC(=O)O. The minimum Gasteiger partial charge on any atom is -0.450 e. The number of aromatic amines is 1. The number of thioether (sulfide) groups is 1. The summed E-state index contributed by atoms with van der Waals surface area (Å²) in [6.07, 6.45) is -7.85. The molecule has 2 atom stereocenters. The van der Waals surface area contributed by atoms with Crippen molar-refractivity contribution in [3.8, 4) is 0 Å². The third kappa shape index (κ3) is 5.73. The van der Waals surface area contributed by atoms with Crippen molar-refractivity contribution >= 4 is 41.3 Å². The highest BCUT2D eigenvalue weighted by Gasteiger charge is 2.31. The van der Waals surface area contributed by atoms with Crippen LogP contribution in [0.25, 0.3) is 11.0 Å². The Morgan fingerprint density at radius 3 is 2.31 bits per heavy atom. The molecular formula is C14H14N2O9S. The average Bonchev–Trinajstić information content (AvgIpc) is 2.97. The van der Waals surface area contributed by atoms with Gasteiger partial charge < -0.3 is 34.5 Å². The van der Waals surface area contributed by atoms with Gasteiger partial charge in [-0.25, -0.2) is 19.4 Å². The molecule has 2 unspecified atom stereocenters. The van der Waals surface area contributed by atoms with Gasteiger partial charge in [0.15, 0.2) is 17.4 Å². The fraction of sp³-hybridized carbons (Fsp3) is 0.286. The van der Waals surface area contributed by atoms with Gasteiger partial charge >= 0.3 is 18.5 Å². The van der Waals surface area contributed by atoms with Gasteiger partial charge in [0, 0.05) is 5.75 Å². The summed E-state index contributed by atoms with van der Waals surface area (Å²) in [6.45, 7) is -0.722. The van der Waals surface area contributed by atoms with E-state index >= 15 is 0 Å². The zero-order chi connectivity index (χ0) is 19.1. The normalized spacial score (nSPS) is 12.9. The smallest absolute Gasteiger partial charge is 0.450 e. The molecule has 0 bridgehead atoms. The van der Waals surface area contributed by atoms with E-state index in [2.05, 4.69) is 24.2 Å². The second-order valence-corrected chi connectivity index (χ2v) is 5.80. The number of carbonyl (C=O) groups is 3. The first-order chi connectivity index (χ1) is 12.3. The molecule has 26 heavy (non-hydrogen) atoms. The number of nitrogens with one attached hydrogen (secondary N) is 1. The largest absolute Gasteiger partial charge is 0.506 e. The Morgan fingerprint density at radius 2 is 1.69 bits per heavy atom. The number of fused-ring (bicyclic) bond motifs is 1. The highest BCUT2D eigenvalue weighted by molar-refractivity contribution is 7.99. The first kappa shape index (κ1) is 19.2. The summed E-state index contributed by atoms with van der Waals surface area (Å²) in [5.41, 5.74) is 1.46. The Morgan fingerprint density at radius 1 is 1.04 bits per heavy atom. The lowest BCUT2D eigenvalue weighted by atomic mass is 10.2. The first-order valence-corrected chi connectivity index (χ1v) is 8.06. The van der Waals surface area contributed by atoms with E-state index in [1.165, 1.54) is 0 Å². The number of para-hydroxylation sites is 2. The van der Waals surface area contributed by atoms with Gasteiger partial charge in [-0.05, 0) is 12.1 Å². The van der Waals surface area contributed by atoms with Gasteiger partial charge in [-0.15, -0.1) is 0 Å². The number of benzene rings is 1. The summed E-state index contributed by atoms with van der Waals surface area (Å²) in [4.78, 5) is 39.4. The number of H-pyrrole nitrogens is 1. The molecule has 1 heterocycles. The maximum Gasteiger partial charge on any atom is 0.506 e. The van der Waals surface area contributed by atoms with Crippen LogP contribution < -0.4 is 0 Å². The molecule has 0 saturated heterocycles. The number of nitrogens with zero attached hydrogens (tertiary/aromatic N) is 1. The number of imidazole rings is 1. The minimum absolute atomic E-state index is 0.0902. The molecule has 2 rings (SSSR count). The van der Waals surface area contributed by atoms with Gasteiger partial charge in [-0.2, -0.15) is 0 Å². The summed E-state index contributed by atoms with van der Waals surface area (Å²) in [6, 6.07) is 7.19. The van der Waals surface area contributed by atoms with Crippen molar-refractivity contribution in [2.45, 2.75) is 17.4 Å². The summed E-state index contributed by atoms with van der Waals surface area (Å²) < 4.78 is 13.4. The Kier molecular flexibility index (Phi) is 6.49. The molecule has 4 N–H and O–H groups in total. The van der Waals surface area contributed by atoms with Gasteiger partial charge in [-0.3, -0.25) is 0 Å². The molecule has 1 aromatic heterocycles. The van der Waals surface area contributed by atoms with Crippen molar-refractivity contribution in [2.24, 2.45) is 0 Å². The van der Waals surface area contributed by atoms with E-state index in [-0.39, 0.29) is 5.75 Å². The molecule has 0 fully saturated rings. The number of carboxylic acid groups (broad SMARTS) is 3. The van der Waals surface area contributed by atoms with Crippen LogP contribution in [0.2, 0.25) is 0 Å². The molecule has 11 nitrogen and oxygen atoms in total. The van der Waals surface area contributed by atoms with E-state index in [1.807, 2.05) is 6.07 Å². The van der Waals surface area contributed by atoms with E-state index in [0.29, 0.717) is 10.7 Å². The standard InChI is InChI=1S/C14H14N2O9S/c17-12(18)23-5-9(24-13(19)20)10(25-14(21)22)6-26-11-15-7-3-1-2-4-8(7)16-11/h1-4,9-10H,5-6H2,(H,15,16)(H,17,18)(H,19,20)(H,21,22). The van der Waals surface area contributed by atoms with E-state index in [4.69, 9.17) is 15.3 Å². The monoisotopic (exact) mass is 386 g/mol. The molecule has 0 aliphatic rings. The van der Waals surface area contributed by atoms with Gasteiger partial charge in [-0.1, -0.05) is 23.9 Å². The van der Waals surface area contributed by atoms with E-state index < -0.39 is 37.3 Å². The van der Waals surface area contributed by atoms with E-state index in [0.717, 1.165) is 17.3 Å². The fourth-order valence-corrected chi connectivity index (χ4v) is 2.96. The van der Waals surface area contributed by atoms with Gasteiger partial charge in [0.25, 0.3) is 0 Å². The molecule has 0 saturated carbocycles. The van der Waals surface area contributed by atoms with Crippen LogP contribution in [0.4, 0.5) is 14.4 Å². The lowest BCUT2D eigenvalue weighted by molar-refractivity contribution is -0.0576. The van der Waals surface area contributed by atoms with Gasteiger partial charge in [0.1, 0.15) is 6.61 Å². The molecule has 0 aliphatic carbocycles. The van der Waals surface area contributed by atoms with Crippen LogP contribution >= 0.6 is 11.8 Å². The minimum atomic E-state index is -1.73. The van der Waals surface area contributed by atoms with Crippen LogP contribution in [0, 0.1) is 0 Å². The molecule has 0 radical (unpaired) electrons. The third-order valence-corrected chi connectivity index (χ3v) is 4.00. The summed E-state index contributed by atoms with van der Waals surface area (Å²) in [5, 5.41) is 26.6. The predicted octanol–water partition coefficient (Wildman–Crippen LogP) is 2.48. The highest BCUT2D eigenvalue weighted by atomic mass is 32.2. The molecule has 1 aromatic carbocycles. The summed E-state index contributed by atoms with van der Waals surface area (Å²) in [5.74, 6) is -0.0902. The van der Waals surface area contributed by atoms with Crippen LogP contribution in [0.3, 0.4) is 0 Å². The first-order valence-electron chi connectivity index (χ1n) is 7.07. The molecule has 2 aromatic rings. The molecule has 0 aliphatic heterocycles. The number of hydrogen-bond donors (Lipinski definition) is 4. The second kappa shape index (κ2) is 8.80. The number of ether oxygens (including phenoxy) is 3. The number of aromatic nitrogens is 2. The zero-order valence-electron chi connectivity index (χ0n) is 13.0. The Labute approximate surface area is 149 Å². The lowest BCUT2D eigenvalue weighted by Crippen LogP contribution is -2.40. The Balaban J connectivity index is 2.10. The highest BCUT2D eigenvalue weighted by Crippen LogP contribution is 2.22. The summed E-state index contributed by atoms with van der Waals surface area (Å²) >= 11 is 1.06. The van der Waals surface area contributed by atoms with Crippen molar-refractivity contribution < 1.29 is 43.9 Å². The third-order valence-electron chi connectivity index (χ3n) is 3.04. The van der Waals surface area contributed by atoms with E-state index in [1.54, 1.807) is 18.2 Å². The second-order valence-electron chi connectivity index (χ2n) is 4.79. The van der Waals surface area contributed by atoms with Crippen LogP contribution in [0.5, 0.6) is 0 Å². The van der Waals surface area contributed by atoms with Crippen molar-refractivity contribution in [2.75, 3.05) is 12.4 Å². The zero-order valence-corrected chi connectivity index (χ0v) is 13.8. The molecular weight excluding hydrogens is 372 g/mol. The van der Waals surface area contributed by atoms with E-state index in [9.17, 15) is 14.4 Å². The number of hydrogen-bond acceptors (Lipinski definition) is 8. The van der Waals surface area contributed by atoms with Gasteiger partial charge in [0.2, 0.25) is 0 Å². The lowest BCUT2D eigenvalue weighted by Gasteiger charge is -2.23. The van der Waals surface area contributed by atoms with Crippen molar-refractivity contribution in [1.82, 2.24) is 9.97 Å². The fourth-order valence-electron chi connectivity index (χ4n) is 2.01. The predicted molar refractivity (Wildman–Crippen MR) is 86.6 cm³/mol. The van der Waals surface area contributed by atoms with Gasteiger partial charge in [0.05, 0.1) is 11.0 Å². The van der Waals surface area contributed by atoms with Crippen molar-refractivity contribution in [3.63, 3.8) is 0 Å². The Hall–Kier alpha value is -3.15. The quantitative estimate of drug-likeness (QED) is 0.299. The van der Waals surface area contributed by atoms with Crippen molar-refractivity contribution in [3.05, 3.63) is 24.3 Å². The summed E-state index contributed by atoms with van der Waals surface area (Å²) in [7, 11) is 0. The van der Waals surface area contributed by atoms with Crippen LogP contribution in [-0.4, -0.2) is 68.3 Å².